The second-order valence-corrected chi connectivity index (χ2v) is 5.83. The lowest BCUT2D eigenvalue weighted by Gasteiger charge is -2.29. The zero-order valence-corrected chi connectivity index (χ0v) is 16.9. The first-order chi connectivity index (χ1) is 10.5. The molecule has 0 spiro atoms. The van der Waals surface area contributed by atoms with E-state index in [0.717, 1.165) is 31.5 Å². The summed E-state index contributed by atoms with van der Waals surface area (Å²) in [7, 11) is 0. The molecule has 0 aliphatic rings. The van der Waals surface area contributed by atoms with E-state index in [1.807, 2.05) is 40.1 Å². The van der Waals surface area contributed by atoms with Gasteiger partial charge >= 0.3 is 0 Å². The second kappa shape index (κ2) is 11.6. The monoisotopic (exact) mass is 308 g/mol. The van der Waals surface area contributed by atoms with Crippen molar-refractivity contribution in [1.82, 2.24) is 9.97 Å². The summed E-state index contributed by atoms with van der Waals surface area (Å²) < 4.78 is 0. The molecule has 1 aromatic heterocycles. The third-order valence-electron chi connectivity index (χ3n) is 5.01. The van der Waals surface area contributed by atoms with Gasteiger partial charge in [0.1, 0.15) is 5.82 Å². The molecule has 0 atom stereocenters. The van der Waals surface area contributed by atoms with Crippen molar-refractivity contribution in [3.63, 3.8) is 0 Å². The highest BCUT2D eigenvalue weighted by Crippen LogP contribution is 2.32. The molecule has 0 N–H and O–H groups in total. The van der Waals surface area contributed by atoms with Gasteiger partial charge in [0.05, 0.1) is 0 Å². The van der Waals surface area contributed by atoms with E-state index in [1.165, 1.54) is 5.56 Å². The van der Waals surface area contributed by atoms with E-state index in [0.29, 0.717) is 0 Å². The lowest BCUT2D eigenvalue weighted by molar-refractivity contribution is 0.403. The van der Waals surface area contributed by atoms with Gasteiger partial charge in [-0.25, -0.2) is 9.97 Å². The quantitative estimate of drug-likeness (QED) is 0.585. The molecule has 2 heteroatoms. The van der Waals surface area contributed by atoms with Gasteiger partial charge in [0.15, 0.2) is 0 Å². The van der Waals surface area contributed by atoms with E-state index in [-0.39, 0.29) is 10.8 Å². The highest BCUT2D eigenvalue weighted by Gasteiger charge is 2.27. The van der Waals surface area contributed by atoms with Gasteiger partial charge in [-0.3, -0.25) is 0 Å². The van der Waals surface area contributed by atoms with Crippen LogP contribution >= 0.6 is 0 Å². The Morgan fingerprint density at radius 2 is 1.00 bits per heavy atom. The zero-order chi connectivity index (χ0) is 17.8. The second-order valence-electron chi connectivity index (χ2n) is 5.83. The fraction of sp³-hybridized carbons (Fsp3) is 0.800. The summed E-state index contributed by atoms with van der Waals surface area (Å²) in [5.41, 5.74) is 1.60. The highest BCUT2D eigenvalue weighted by atomic mass is 14.9. The molecule has 130 valence electrons. The normalized spacial score (nSPS) is 11.0. The summed E-state index contributed by atoms with van der Waals surface area (Å²) in [6.45, 7) is 21.4. The van der Waals surface area contributed by atoms with E-state index in [1.54, 1.807) is 0 Å². The van der Waals surface area contributed by atoms with Crippen molar-refractivity contribution in [2.45, 2.75) is 106 Å². The molecule has 22 heavy (non-hydrogen) atoms. The average Bonchev–Trinajstić information content (AvgIpc) is 2.63. The summed E-state index contributed by atoms with van der Waals surface area (Å²) in [5.74, 6) is 0.991. The predicted molar refractivity (Wildman–Crippen MR) is 101 cm³/mol. The van der Waals surface area contributed by atoms with Crippen molar-refractivity contribution in [2.24, 2.45) is 0 Å². The molecule has 0 radical (unpaired) electrons. The van der Waals surface area contributed by atoms with Crippen LogP contribution in [0.4, 0.5) is 0 Å². The first-order valence-electron chi connectivity index (χ1n) is 9.28. The molecule has 0 saturated heterocycles. The lowest BCUT2D eigenvalue weighted by atomic mass is 9.79. The third kappa shape index (κ3) is 5.70. The number of aromatic nitrogens is 2. The van der Waals surface area contributed by atoms with Crippen LogP contribution in [0.1, 0.15) is 106 Å². The van der Waals surface area contributed by atoms with Crippen LogP contribution in [0.2, 0.25) is 0 Å². The fourth-order valence-corrected chi connectivity index (χ4v) is 2.18. The fourth-order valence-electron chi connectivity index (χ4n) is 2.18. The molecular weight excluding hydrogens is 268 g/mol. The Hall–Kier alpha value is -0.920. The molecule has 0 bridgehead atoms. The maximum absolute atomic E-state index is 4.64. The smallest absolute Gasteiger partial charge is 0.134 e. The number of hydrogen-bond acceptors (Lipinski definition) is 2. The number of hydrogen-bond donors (Lipinski definition) is 0. The molecule has 1 heterocycles. The number of nitrogens with zero attached hydrogens (tertiary/aromatic N) is 2. The van der Waals surface area contributed by atoms with E-state index < -0.39 is 0 Å². The molecule has 0 aliphatic carbocycles. The van der Waals surface area contributed by atoms with Gasteiger partial charge in [-0.05, 0) is 36.7 Å². The zero-order valence-electron chi connectivity index (χ0n) is 16.9. The maximum atomic E-state index is 4.64. The van der Waals surface area contributed by atoms with Gasteiger partial charge in [0.2, 0.25) is 0 Å². The van der Waals surface area contributed by atoms with Gasteiger partial charge in [-0.15, -0.1) is 0 Å². The molecule has 2 nitrogen and oxygen atoms in total. The van der Waals surface area contributed by atoms with Crippen LogP contribution in [0.5, 0.6) is 0 Å². The minimum Gasteiger partial charge on any atom is -0.240 e. The van der Waals surface area contributed by atoms with Crippen molar-refractivity contribution in [3.8, 4) is 0 Å². The number of rotatable bonds is 6. The minimum atomic E-state index is 0.118. The Kier molecular flexibility index (Phi) is 12.3. The summed E-state index contributed by atoms with van der Waals surface area (Å²) in [5, 5.41) is 0. The van der Waals surface area contributed by atoms with Crippen LogP contribution < -0.4 is 0 Å². The topological polar surface area (TPSA) is 25.8 Å². The predicted octanol–water partition coefficient (Wildman–Crippen LogP) is 6.68. The standard InChI is InChI=1S/C16H28N2.2C2H6/c1-7-15(5,8-2)13-11-17-14(18-12-13)16(6,9-3)10-4;2*1-2/h11-12H,7-10H2,1-6H3;2*1-2H3. The summed E-state index contributed by atoms with van der Waals surface area (Å²) >= 11 is 0. The summed E-state index contributed by atoms with van der Waals surface area (Å²) in [6, 6.07) is 0. The van der Waals surface area contributed by atoms with Gasteiger partial charge < -0.3 is 0 Å². The van der Waals surface area contributed by atoms with Crippen molar-refractivity contribution < 1.29 is 0 Å². The van der Waals surface area contributed by atoms with Crippen LogP contribution in [0.25, 0.3) is 0 Å². The molecule has 0 saturated carbocycles. The van der Waals surface area contributed by atoms with Crippen molar-refractivity contribution in [1.29, 1.82) is 0 Å². The average molecular weight is 309 g/mol. The molecule has 0 aliphatic heterocycles. The molecule has 0 unspecified atom stereocenters. The van der Waals surface area contributed by atoms with Crippen LogP contribution in [0.15, 0.2) is 12.4 Å². The molecule has 0 amide bonds. The molecule has 1 rings (SSSR count). The SMILES string of the molecule is CC.CC.CCC(C)(CC)c1cnc(C(C)(CC)CC)nc1. The van der Waals surface area contributed by atoms with Crippen molar-refractivity contribution >= 4 is 0 Å². The van der Waals surface area contributed by atoms with Crippen LogP contribution in [0.3, 0.4) is 0 Å². The largest absolute Gasteiger partial charge is 0.240 e. The third-order valence-corrected chi connectivity index (χ3v) is 5.01. The summed E-state index contributed by atoms with van der Waals surface area (Å²) in [4.78, 5) is 9.29. The first kappa shape index (κ1) is 23.3. The van der Waals surface area contributed by atoms with Crippen molar-refractivity contribution in [3.05, 3.63) is 23.8 Å². The Labute approximate surface area is 140 Å². The van der Waals surface area contributed by atoms with Gasteiger partial charge in [0, 0.05) is 17.8 Å². The molecular formula is C20H40N2. The van der Waals surface area contributed by atoms with E-state index in [2.05, 4.69) is 51.5 Å². The first-order valence-corrected chi connectivity index (χ1v) is 9.28. The van der Waals surface area contributed by atoms with E-state index in [4.69, 9.17) is 0 Å². The van der Waals surface area contributed by atoms with Crippen molar-refractivity contribution in [2.75, 3.05) is 0 Å². The molecule has 1 aromatic rings. The Bertz CT molecular complexity index is 323. The lowest BCUT2D eigenvalue weighted by Crippen LogP contribution is -2.25. The Morgan fingerprint density at radius 1 is 0.682 bits per heavy atom. The van der Waals surface area contributed by atoms with Gasteiger partial charge in [0.25, 0.3) is 0 Å². The Morgan fingerprint density at radius 3 is 1.27 bits per heavy atom. The highest BCUT2D eigenvalue weighted by molar-refractivity contribution is 5.19. The van der Waals surface area contributed by atoms with Crippen LogP contribution in [-0.2, 0) is 10.8 Å². The van der Waals surface area contributed by atoms with E-state index >= 15 is 0 Å². The van der Waals surface area contributed by atoms with E-state index in [9.17, 15) is 0 Å². The minimum absolute atomic E-state index is 0.118. The van der Waals surface area contributed by atoms with Crippen LogP contribution in [0, 0.1) is 0 Å². The van der Waals surface area contributed by atoms with Gasteiger partial charge in [-0.2, -0.15) is 0 Å². The molecule has 0 aromatic carbocycles. The maximum Gasteiger partial charge on any atom is 0.134 e. The summed E-state index contributed by atoms with van der Waals surface area (Å²) in [6.07, 6.45) is 8.51. The Balaban J connectivity index is 0. The van der Waals surface area contributed by atoms with Gasteiger partial charge in [-0.1, -0.05) is 69.2 Å². The van der Waals surface area contributed by atoms with Crippen LogP contribution in [-0.4, -0.2) is 9.97 Å². The molecule has 0 fully saturated rings.